The van der Waals surface area contributed by atoms with Gasteiger partial charge in [0, 0.05) is 17.7 Å². The summed E-state index contributed by atoms with van der Waals surface area (Å²) in [7, 11) is 0. The van der Waals surface area contributed by atoms with E-state index in [0.29, 0.717) is 42.6 Å². The van der Waals surface area contributed by atoms with Crippen LogP contribution in [-0.2, 0) is 0 Å². The van der Waals surface area contributed by atoms with Crippen molar-refractivity contribution in [3.63, 3.8) is 0 Å². The van der Waals surface area contributed by atoms with E-state index in [4.69, 9.17) is 14.2 Å². The smallest absolute Gasteiger partial charge is 0.255 e. The lowest BCUT2D eigenvalue weighted by Gasteiger charge is -2.10. The summed E-state index contributed by atoms with van der Waals surface area (Å²) in [6, 6.07) is 12.5. The van der Waals surface area contributed by atoms with Gasteiger partial charge in [0.25, 0.3) is 5.91 Å². The van der Waals surface area contributed by atoms with Crippen molar-refractivity contribution in [1.82, 2.24) is 0 Å². The molecule has 0 saturated heterocycles. The monoisotopic (exact) mass is 313 g/mol. The lowest BCUT2D eigenvalue weighted by molar-refractivity contribution is 0.102. The molecular formula is C18H19NO4. The van der Waals surface area contributed by atoms with E-state index >= 15 is 0 Å². The van der Waals surface area contributed by atoms with Gasteiger partial charge in [-0.05, 0) is 49.4 Å². The second-order valence-corrected chi connectivity index (χ2v) is 5.12. The van der Waals surface area contributed by atoms with Gasteiger partial charge in [0.1, 0.15) is 5.75 Å². The Bertz CT molecular complexity index is 682. The number of hydrogen-bond donors (Lipinski definition) is 1. The van der Waals surface area contributed by atoms with Gasteiger partial charge in [0.2, 0.25) is 0 Å². The Kier molecular flexibility index (Phi) is 4.66. The molecule has 1 amide bonds. The third-order valence-electron chi connectivity index (χ3n) is 3.43. The van der Waals surface area contributed by atoms with Crippen molar-refractivity contribution in [1.29, 1.82) is 0 Å². The molecule has 0 saturated carbocycles. The van der Waals surface area contributed by atoms with Crippen LogP contribution in [0.1, 0.15) is 23.7 Å². The Labute approximate surface area is 135 Å². The van der Waals surface area contributed by atoms with Gasteiger partial charge in [-0.2, -0.15) is 0 Å². The van der Waals surface area contributed by atoms with E-state index in [9.17, 15) is 4.79 Å². The van der Waals surface area contributed by atoms with Gasteiger partial charge < -0.3 is 19.5 Å². The molecule has 0 fully saturated rings. The fourth-order valence-electron chi connectivity index (χ4n) is 2.31. The van der Waals surface area contributed by atoms with Crippen molar-refractivity contribution < 1.29 is 19.0 Å². The molecule has 0 radical (unpaired) electrons. The minimum Gasteiger partial charge on any atom is -0.494 e. The van der Waals surface area contributed by atoms with Crippen molar-refractivity contribution in [2.24, 2.45) is 0 Å². The number of fused-ring (bicyclic) bond motifs is 1. The molecule has 1 aliphatic rings. The maximum atomic E-state index is 12.4. The van der Waals surface area contributed by atoms with E-state index in [1.165, 1.54) is 0 Å². The van der Waals surface area contributed by atoms with Crippen LogP contribution in [0.15, 0.2) is 42.5 Å². The molecule has 120 valence electrons. The molecule has 1 heterocycles. The van der Waals surface area contributed by atoms with Crippen LogP contribution in [0.25, 0.3) is 0 Å². The standard InChI is InChI=1S/C18H19NO4/c1-2-21-15-7-5-14(6-8-15)19-18(20)13-4-9-16-17(12-13)23-11-3-10-22-16/h4-9,12H,2-3,10-11H2,1H3,(H,19,20). The molecule has 5 nitrogen and oxygen atoms in total. The van der Waals surface area contributed by atoms with Crippen LogP contribution < -0.4 is 19.5 Å². The van der Waals surface area contributed by atoms with Crippen LogP contribution >= 0.6 is 0 Å². The van der Waals surface area contributed by atoms with Gasteiger partial charge in [0.15, 0.2) is 11.5 Å². The van der Waals surface area contributed by atoms with Gasteiger partial charge in [-0.25, -0.2) is 0 Å². The summed E-state index contributed by atoms with van der Waals surface area (Å²) < 4.78 is 16.6. The van der Waals surface area contributed by atoms with Gasteiger partial charge >= 0.3 is 0 Å². The number of hydrogen-bond acceptors (Lipinski definition) is 4. The molecule has 23 heavy (non-hydrogen) atoms. The van der Waals surface area contributed by atoms with Crippen LogP contribution in [0.3, 0.4) is 0 Å². The summed E-state index contributed by atoms with van der Waals surface area (Å²) in [4.78, 5) is 12.4. The predicted octanol–water partition coefficient (Wildman–Crippen LogP) is 3.50. The highest BCUT2D eigenvalue weighted by Gasteiger charge is 2.14. The Morgan fingerprint density at radius 1 is 1.09 bits per heavy atom. The largest absolute Gasteiger partial charge is 0.494 e. The second kappa shape index (κ2) is 7.05. The summed E-state index contributed by atoms with van der Waals surface area (Å²) in [5, 5.41) is 2.86. The van der Waals surface area contributed by atoms with Crippen molar-refractivity contribution >= 4 is 11.6 Å². The molecule has 2 aromatic rings. The fraction of sp³-hybridized carbons (Fsp3) is 0.278. The quantitative estimate of drug-likeness (QED) is 0.938. The molecule has 0 atom stereocenters. The highest BCUT2D eigenvalue weighted by Crippen LogP contribution is 2.30. The van der Waals surface area contributed by atoms with E-state index in [1.54, 1.807) is 18.2 Å². The van der Waals surface area contributed by atoms with Crippen molar-refractivity contribution in [3.8, 4) is 17.2 Å². The lowest BCUT2D eigenvalue weighted by Crippen LogP contribution is -2.12. The lowest BCUT2D eigenvalue weighted by atomic mass is 10.2. The van der Waals surface area contributed by atoms with E-state index in [2.05, 4.69) is 5.32 Å². The summed E-state index contributed by atoms with van der Waals surface area (Å²) in [5.74, 6) is 1.88. The molecule has 0 aliphatic carbocycles. The Morgan fingerprint density at radius 2 is 1.83 bits per heavy atom. The average Bonchev–Trinajstić information content (AvgIpc) is 2.81. The summed E-state index contributed by atoms with van der Waals surface area (Å²) in [6.07, 6.45) is 0.836. The molecule has 2 aromatic carbocycles. The van der Waals surface area contributed by atoms with E-state index in [1.807, 2.05) is 31.2 Å². The molecule has 0 spiro atoms. The highest BCUT2D eigenvalue weighted by molar-refractivity contribution is 6.04. The number of amides is 1. The Morgan fingerprint density at radius 3 is 2.57 bits per heavy atom. The first-order valence-electron chi connectivity index (χ1n) is 7.70. The van der Waals surface area contributed by atoms with Crippen LogP contribution in [0.4, 0.5) is 5.69 Å². The molecule has 3 rings (SSSR count). The number of anilines is 1. The zero-order valence-corrected chi connectivity index (χ0v) is 13.0. The molecule has 1 aliphatic heterocycles. The van der Waals surface area contributed by atoms with Gasteiger partial charge in [-0.3, -0.25) is 4.79 Å². The Balaban J connectivity index is 1.71. The number of ether oxygens (including phenoxy) is 3. The maximum absolute atomic E-state index is 12.4. The zero-order chi connectivity index (χ0) is 16.1. The molecule has 0 bridgehead atoms. The maximum Gasteiger partial charge on any atom is 0.255 e. The summed E-state index contributed by atoms with van der Waals surface area (Å²) in [5.41, 5.74) is 1.24. The van der Waals surface area contributed by atoms with Crippen molar-refractivity contribution in [2.45, 2.75) is 13.3 Å². The summed E-state index contributed by atoms with van der Waals surface area (Å²) >= 11 is 0. The first-order chi connectivity index (χ1) is 11.3. The first-order valence-corrected chi connectivity index (χ1v) is 7.70. The minimum atomic E-state index is -0.190. The average molecular weight is 313 g/mol. The Hall–Kier alpha value is -2.69. The second-order valence-electron chi connectivity index (χ2n) is 5.12. The fourth-order valence-corrected chi connectivity index (χ4v) is 2.31. The third-order valence-corrected chi connectivity index (χ3v) is 3.43. The van der Waals surface area contributed by atoms with Crippen LogP contribution in [0.5, 0.6) is 17.2 Å². The van der Waals surface area contributed by atoms with Gasteiger partial charge in [-0.1, -0.05) is 0 Å². The molecule has 5 heteroatoms. The number of nitrogens with one attached hydrogen (secondary N) is 1. The van der Waals surface area contributed by atoms with Gasteiger partial charge in [-0.15, -0.1) is 0 Å². The van der Waals surface area contributed by atoms with E-state index < -0.39 is 0 Å². The molecular weight excluding hydrogens is 294 g/mol. The van der Waals surface area contributed by atoms with Crippen LogP contribution in [0, 0.1) is 0 Å². The topological polar surface area (TPSA) is 56.8 Å². The summed E-state index contributed by atoms with van der Waals surface area (Å²) in [6.45, 7) is 3.77. The molecule has 0 aromatic heterocycles. The van der Waals surface area contributed by atoms with Crippen molar-refractivity contribution in [3.05, 3.63) is 48.0 Å². The number of carbonyl (C=O) groups is 1. The normalized spacial score (nSPS) is 13.1. The van der Waals surface area contributed by atoms with E-state index in [-0.39, 0.29) is 5.91 Å². The first kappa shape index (κ1) is 15.2. The number of carbonyl (C=O) groups excluding carboxylic acids is 1. The molecule has 0 unspecified atom stereocenters. The zero-order valence-electron chi connectivity index (χ0n) is 13.0. The van der Waals surface area contributed by atoms with Crippen LogP contribution in [-0.4, -0.2) is 25.7 Å². The van der Waals surface area contributed by atoms with Crippen LogP contribution in [0.2, 0.25) is 0 Å². The SMILES string of the molecule is CCOc1ccc(NC(=O)c2ccc3c(c2)OCCCO3)cc1. The minimum absolute atomic E-state index is 0.190. The molecule has 1 N–H and O–H groups in total. The highest BCUT2D eigenvalue weighted by atomic mass is 16.5. The third kappa shape index (κ3) is 3.74. The number of benzene rings is 2. The van der Waals surface area contributed by atoms with Crippen molar-refractivity contribution in [2.75, 3.05) is 25.1 Å². The number of rotatable bonds is 4. The van der Waals surface area contributed by atoms with E-state index in [0.717, 1.165) is 12.2 Å². The van der Waals surface area contributed by atoms with Gasteiger partial charge in [0.05, 0.1) is 19.8 Å². The predicted molar refractivity (Wildman–Crippen MR) is 87.6 cm³/mol.